The molecule has 1 aromatic carbocycles. The Hall–Kier alpha value is -2.41. The Labute approximate surface area is 129 Å². The molecule has 1 saturated carbocycles. The highest BCUT2D eigenvalue weighted by Crippen LogP contribution is 2.49. The van der Waals surface area contributed by atoms with Gasteiger partial charge < -0.3 is 0 Å². The van der Waals surface area contributed by atoms with E-state index in [1.807, 2.05) is 24.3 Å². The van der Waals surface area contributed by atoms with Crippen molar-refractivity contribution in [3.63, 3.8) is 0 Å². The lowest BCUT2D eigenvalue weighted by atomic mass is 9.72. The fourth-order valence-electron chi connectivity index (χ4n) is 4.29. The molecule has 1 fully saturated rings. The number of carbonyl (C=O) groups is 2. The number of carbonyl (C=O) groups excluding carboxylic acids is 2. The van der Waals surface area contributed by atoms with Crippen LogP contribution in [-0.4, -0.2) is 22.1 Å². The molecule has 1 spiro atoms. The summed E-state index contributed by atoms with van der Waals surface area (Å²) in [6.07, 6.45) is 5.89. The number of amides is 1. The summed E-state index contributed by atoms with van der Waals surface area (Å²) in [6.45, 7) is 0. The molecule has 22 heavy (non-hydrogen) atoms. The van der Waals surface area contributed by atoms with E-state index in [1.165, 1.54) is 6.42 Å². The van der Waals surface area contributed by atoms with Gasteiger partial charge in [0.2, 0.25) is 0 Å². The van der Waals surface area contributed by atoms with Crippen LogP contribution < -0.4 is 0 Å². The van der Waals surface area contributed by atoms with Crippen molar-refractivity contribution in [2.75, 3.05) is 0 Å². The summed E-state index contributed by atoms with van der Waals surface area (Å²) in [5.41, 5.74) is 2.27. The van der Waals surface area contributed by atoms with Crippen molar-refractivity contribution in [2.24, 2.45) is 0 Å². The van der Waals surface area contributed by atoms with E-state index < -0.39 is 11.7 Å². The van der Waals surface area contributed by atoms with E-state index in [1.54, 1.807) is 4.90 Å². The lowest BCUT2D eigenvalue weighted by molar-refractivity contribution is -0.143. The second kappa shape index (κ2) is 4.54. The van der Waals surface area contributed by atoms with Crippen molar-refractivity contribution in [1.82, 2.24) is 4.90 Å². The number of hydrogen-bond acceptors (Lipinski definition) is 3. The molecular weight excluding hydrogens is 276 g/mol. The first-order valence-electron chi connectivity index (χ1n) is 7.79. The standard InChI is InChI=1S/C18H16N2O2/c19-11-14-15-13-7-3-2-6-12(13)10-18(8-4-1-5-9-18)20(15)17(22)16(14)21/h2-3,6-7H,1,4-5,8-10H2. The van der Waals surface area contributed by atoms with Gasteiger partial charge in [-0.25, -0.2) is 0 Å². The quantitative estimate of drug-likeness (QED) is 0.690. The number of nitrogens with zero attached hydrogens (tertiary/aromatic N) is 2. The van der Waals surface area contributed by atoms with Gasteiger partial charge in [0.1, 0.15) is 11.6 Å². The molecule has 0 saturated heterocycles. The maximum atomic E-state index is 12.6. The largest absolute Gasteiger partial charge is 0.300 e. The summed E-state index contributed by atoms with van der Waals surface area (Å²) >= 11 is 0. The zero-order valence-corrected chi connectivity index (χ0v) is 12.3. The predicted octanol–water partition coefficient (Wildman–Crippen LogP) is 2.59. The van der Waals surface area contributed by atoms with Gasteiger partial charge in [0, 0.05) is 5.56 Å². The van der Waals surface area contributed by atoms with Gasteiger partial charge in [-0.15, -0.1) is 0 Å². The van der Waals surface area contributed by atoms with Crippen LogP contribution in [0.3, 0.4) is 0 Å². The molecule has 1 amide bonds. The lowest BCUT2D eigenvalue weighted by Gasteiger charge is -2.49. The Morgan fingerprint density at radius 3 is 2.55 bits per heavy atom. The molecule has 1 aromatic rings. The fourth-order valence-corrected chi connectivity index (χ4v) is 4.29. The molecule has 2 aliphatic heterocycles. The number of ketones is 1. The topological polar surface area (TPSA) is 61.2 Å². The van der Waals surface area contributed by atoms with Crippen LogP contribution in [0.25, 0.3) is 5.70 Å². The third-order valence-corrected chi connectivity index (χ3v) is 5.25. The molecular formula is C18H16N2O2. The van der Waals surface area contributed by atoms with Gasteiger partial charge >= 0.3 is 5.91 Å². The zero-order chi connectivity index (χ0) is 15.3. The minimum atomic E-state index is -0.640. The smallest absolute Gasteiger partial charge is 0.297 e. The van der Waals surface area contributed by atoms with E-state index in [2.05, 4.69) is 6.07 Å². The Balaban J connectivity index is 2.00. The highest BCUT2D eigenvalue weighted by molar-refractivity contribution is 6.50. The molecule has 4 rings (SSSR count). The van der Waals surface area contributed by atoms with E-state index in [0.29, 0.717) is 5.70 Å². The summed E-state index contributed by atoms with van der Waals surface area (Å²) in [6, 6.07) is 9.82. The predicted molar refractivity (Wildman–Crippen MR) is 80.3 cm³/mol. The van der Waals surface area contributed by atoms with E-state index >= 15 is 0 Å². The summed E-state index contributed by atoms with van der Waals surface area (Å²) < 4.78 is 0. The van der Waals surface area contributed by atoms with E-state index in [-0.39, 0.29) is 11.1 Å². The van der Waals surface area contributed by atoms with Gasteiger partial charge in [0.15, 0.2) is 0 Å². The second-order valence-corrected chi connectivity index (χ2v) is 6.42. The van der Waals surface area contributed by atoms with Crippen LogP contribution in [0.2, 0.25) is 0 Å². The summed E-state index contributed by atoms with van der Waals surface area (Å²) in [5, 5.41) is 9.40. The molecule has 0 bridgehead atoms. The third kappa shape index (κ3) is 1.57. The summed E-state index contributed by atoms with van der Waals surface area (Å²) in [4.78, 5) is 26.5. The Bertz CT molecular complexity index is 764. The first-order chi connectivity index (χ1) is 10.7. The van der Waals surface area contributed by atoms with Crippen LogP contribution in [0.15, 0.2) is 29.8 Å². The van der Waals surface area contributed by atoms with Crippen LogP contribution in [-0.2, 0) is 16.0 Å². The molecule has 4 nitrogen and oxygen atoms in total. The van der Waals surface area contributed by atoms with Crippen molar-refractivity contribution in [3.8, 4) is 6.07 Å². The normalized spacial score (nSPS) is 22.6. The minimum absolute atomic E-state index is 0.0158. The molecule has 110 valence electrons. The van der Waals surface area contributed by atoms with Gasteiger partial charge in [-0.1, -0.05) is 43.5 Å². The number of hydrogen-bond donors (Lipinski definition) is 0. The number of Topliss-reactive ketones (excluding diaryl/α,β-unsaturated/α-hetero) is 1. The molecule has 0 atom stereocenters. The van der Waals surface area contributed by atoms with Gasteiger partial charge in [0.05, 0.1) is 11.2 Å². The first kappa shape index (κ1) is 13.3. The van der Waals surface area contributed by atoms with Crippen LogP contribution in [0.4, 0.5) is 0 Å². The molecule has 2 heterocycles. The van der Waals surface area contributed by atoms with Crippen LogP contribution in [0.1, 0.15) is 43.2 Å². The molecule has 0 radical (unpaired) electrons. The molecule has 4 heteroatoms. The number of benzene rings is 1. The average molecular weight is 292 g/mol. The first-order valence-corrected chi connectivity index (χ1v) is 7.79. The Morgan fingerprint density at radius 2 is 1.82 bits per heavy atom. The van der Waals surface area contributed by atoms with E-state index in [0.717, 1.165) is 43.2 Å². The number of rotatable bonds is 0. The van der Waals surface area contributed by atoms with Gasteiger partial charge in [0.25, 0.3) is 5.78 Å². The monoisotopic (exact) mass is 292 g/mol. The van der Waals surface area contributed by atoms with Gasteiger partial charge in [-0.2, -0.15) is 5.26 Å². The highest BCUT2D eigenvalue weighted by Gasteiger charge is 2.53. The van der Waals surface area contributed by atoms with Gasteiger partial charge in [-0.05, 0) is 24.8 Å². The van der Waals surface area contributed by atoms with Crippen molar-refractivity contribution >= 4 is 17.4 Å². The third-order valence-electron chi connectivity index (χ3n) is 5.25. The minimum Gasteiger partial charge on any atom is -0.297 e. The Morgan fingerprint density at radius 1 is 1.09 bits per heavy atom. The maximum Gasteiger partial charge on any atom is 0.300 e. The van der Waals surface area contributed by atoms with Crippen molar-refractivity contribution < 1.29 is 9.59 Å². The molecule has 3 aliphatic rings. The summed E-state index contributed by atoms with van der Waals surface area (Å²) in [5.74, 6) is -1.15. The van der Waals surface area contributed by atoms with E-state index in [4.69, 9.17) is 0 Å². The molecule has 0 aromatic heterocycles. The van der Waals surface area contributed by atoms with Crippen molar-refractivity contribution in [3.05, 3.63) is 41.0 Å². The highest BCUT2D eigenvalue weighted by atomic mass is 16.2. The molecule has 0 unspecified atom stereocenters. The number of nitriles is 1. The van der Waals surface area contributed by atoms with Crippen molar-refractivity contribution in [2.45, 2.75) is 44.1 Å². The maximum absolute atomic E-state index is 12.6. The molecule has 1 aliphatic carbocycles. The SMILES string of the molecule is N#CC1=C2c3ccccc3CC3(CCCCC3)N2C(=O)C1=O. The number of fused-ring (bicyclic) bond motifs is 4. The fraction of sp³-hybridized carbons (Fsp3) is 0.389. The molecule has 0 N–H and O–H groups in total. The van der Waals surface area contributed by atoms with Gasteiger partial charge in [-0.3, -0.25) is 14.5 Å². The lowest BCUT2D eigenvalue weighted by Crippen LogP contribution is -2.54. The zero-order valence-electron chi connectivity index (χ0n) is 12.3. The van der Waals surface area contributed by atoms with Crippen molar-refractivity contribution in [1.29, 1.82) is 5.26 Å². The second-order valence-electron chi connectivity index (χ2n) is 6.42. The van der Waals surface area contributed by atoms with Crippen LogP contribution in [0.5, 0.6) is 0 Å². The van der Waals surface area contributed by atoms with Crippen LogP contribution in [0, 0.1) is 11.3 Å². The average Bonchev–Trinajstić information content (AvgIpc) is 2.81. The Kier molecular flexibility index (Phi) is 2.74. The van der Waals surface area contributed by atoms with E-state index in [9.17, 15) is 14.9 Å². The van der Waals surface area contributed by atoms with Crippen LogP contribution >= 0.6 is 0 Å². The summed E-state index contributed by atoms with van der Waals surface area (Å²) in [7, 11) is 0.